The summed E-state index contributed by atoms with van der Waals surface area (Å²) in [6, 6.07) is 4.68. The molecular formula is C9H13NO2. The highest BCUT2D eigenvalue weighted by atomic mass is 16.5. The van der Waals surface area contributed by atoms with E-state index in [-0.39, 0.29) is 5.75 Å². The van der Waals surface area contributed by atoms with Crippen LogP contribution in [0.1, 0.15) is 13.3 Å². The average molecular weight is 167 g/mol. The van der Waals surface area contributed by atoms with Gasteiger partial charge in [-0.1, -0.05) is 6.92 Å². The summed E-state index contributed by atoms with van der Waals surface area (Å²) in [5, 5.41) is 9.10. The number of hydrogen-bond acceptors (Lipinski definition) is 3. The molecule has 12 heavy (non-hydrogen) atoms. The summed E-state index contributed by atoms with van der Waals surface area (Å²) in [4.78, 5) is 0. The Morgan fingerprint density at radius 1 is 1.50 bits per heavy atom. The molecule has 0 aliphatic rings. The monoisotopic (exact) mass is 167 g/mol. The first-order valence-corrected chi connectivity index (χ1v) is 3.95. The van der Waals surface area contributed by atoms with Gasteiger partial charge >= 0.3 is 0 Å². The summed E-state index contributed by atoms with van der Waals surface area (Å²) in [5.74, 6) is 0.729. The molecule has 3 heteroatoms. The van der Waals surface area contributed by atoms with Gasteiger partial charge in [0.15, 0.2) is 0 Å². The zero-order valence-electron chi connectivity index (χ0n) is 7.08. The summed E-state index contributed by atoms with van der Waals surface area (Å²) in [5.41, 5.74) is 6.15. The minimum absolute atomic E-state index is 0.176. The smallest absolute Gasteiger partial charge is 0.145 e. The topological polar surface area (TPSA) is 55.5 Å². The van der Waals surface area contributed by atoms with Crippen molar-refractivity contribution in [2.75, 3.05) is 12.3 Å². The van der Waals surface area contributed by atoms with E-state index in [4.69, 9.17) is 15.6 Å². The van der Waals surface area contributed by atoms with Crippen LogP contribution in [0.15, 0.2) is 18.2 Å². The van der Waals surface area contributed by atoms with Gasteiger partial charge < -0.3 is 15.6 Å². The summed E-state index contributed by atoms with van der Waals surface area (Å²) in [6.45, 7) is 2.63. The largest absolute Gasteiger partial charge is 0.508 e. The van der Waals surface area contributed by atoms with Crippen LogP contribution >= 0.6 is 0 Å². The van der Waals surface area contributed by atoms with Crippen molar-refractivity contribution < 1.29 is 9.84 Å². The normalized spacial score (nSPS) is 9.75. The number of aromatic hydroxyl groups is 1. The highest BCUT2D eigenvalue weighted by molar-refractivity contribution is 5.55. The second-order valence-corrected chi connectivity index (χ2v) is 2.57. The fraction of sp³-hybridized carbons (Fsp3) is 0.333. The van der Waals surface area contributed by atoms with Gasteiger partial charge in [0.2, 0.25) is 0 Å². The van der Waals surface area contributed by atoms with Crippen LogP contribution in [-0.2, 0) is 0 Å². The highest BCUT2D eigenvalue weighted by Gasteiger charge is 1.99. The van der Waals surface area contributed by atoms with Gasteiger partial charge in [-0.25, -0.2) is 0 Å². The van der Waals surface area contributed by atoms with Crippen LogP contribution < -0.4 is 10.5 Å². The predicted octanol–water partition coefficient (Wildman–Crippen LogP) is 1.76. The molecule has 0 atom stereocenters. The van der Waals surface area contributed by atoms with E-state index >= 15 is 0 Å². The van der Waals surface area contributed by atoms with E-state index < -0.39 is 0 Å². The van der Waals surface area contributed by atoms with Crippen LogP contribution in [-0.4, -0.2) is 11.7 Å². The fourth-order valence-corrected chi connectivity index (χ4v) is 0.860. The second-order valence-electron chi connectivity index (χ2n) is 2.57. The Labute approximate surface area is 71.8 Å². The predicted molar refractivity (Wildman–Crippen MR) is 48.3 cm³/mol. The maximum absolute atomic E-state index is 9.10. The van der Waals surface area contributed by atoms with E-state index in [1.54, 1.807) is 6.07 Å². The Balaban J connectivity index is 2.75. The fourth-order valence-electron chi connectivity index (χ4n) is 0.860. The summed E-state index contributed by atoms with van der Waals surface area (Å²) in [7, 11) is 0. The third-order valence-electron chi connectivity index (χ3n) is 1.46. The van der Waals surface area contributed by atoms with Gasteiger partial charge in [0.25, 0.3) is 0 Å². The lowest BCUT2D eigenvalue weighted by atomic mass is 10.3. The van der Waals surface area contributed by atoms with E-state index in [0.717, 1.165) is 6.42 Å². The number of nitrogen functional groups attached to an aromatic ring is 1. The molecule has 0 radical (unpaired) electrons. The molecular weight excluding hydrogens is 154 g/mol. The van der Waals surface area contributed by atoms with Gasteiger partial charge in [-0.05, 0) is 18.6 Å². The molecule has 1 rings (SSSR count). The van der Waals surface area contributed by atoms with Crippen molar-refractivity contribution in [3.8, 4) is 11.5 Å². The summed E-state index contributed by atoms with van der Waals surface area (Å²) in [6.07, 6.45) is 0.926. The number of nitrogens with two attached hydrogens (primary N) is 1. The molecule has 0 bridgehead atoms. The highest BCUT2D eigenvalue weighted by Crippen LogP contribution is 2.25. The standard InChI is InChI=1S/C9H13NO2/c1-2-5-12-9-6-7(11)3-4-8(9)10/h3-4,6,11H,2,5,10H2,1H3. The molecule has 1 aromatic rings. The molecule has 3 nitrogen and oxygen atoms in total. The van der Waals surface area contributed by atoms with Gasteiger partial charge in [0.05, 0.1) is 12.3 Å². The number of hydrogen-bond donors (Lipinski definition) is 2. The first kappa shape index (κ1) is 8.71. The van der Waals surface area contributed by atoms with Crippen molar-refractivity contribution in [1.82, 2.24) is 0 Å². The van der Waals surface area contributed by atoms with Gasteiger partial charge in [-0.15, -0.1) is 0 Å². The van der Waals surface area contributed by atoms with Crippen LogP contribution in [0.5, 0.6) is 11.5 Å². The van der Waals surface area contributed by atoms with Gasteiger partial charge in [0.1, 0.15) is 11.5 Å². The van der Waals surface area contributed by atoms with E-state index in [2.05, 4.69) is 0 Å². The van der Waals surface area contributed by atoms with Crippen molar-refractivity contribution >= 4 is 5.69 Å². The molecule has 0 spiro atoms. The lowest BCUT2D eigenvalue weighted by Crippen LogP contribution is -1.98. The minimum Gasteiger partial charge on any atom is -0.508 e. The maximum Gasteiger partial charge on any atom is 0.145 e. The van der Waals surface area contributed by atoms with Gasteiger partial charge in [-0.3, -0.25) is 0 Å². The molecule has 0 saturated heterocycles. The molecule has 0 unspecified atom stereocenters. The molecule has 1 aromatic carbocycles. The SMILES string of the molecule is CCCOc1cc(O)ccc1N. The lowest BCUT2D eigenvalue weighted by molar-refractivity contribution is 0.317. The molecule has 3 N–H and O–H groups in total. The third-order valence-corrected chi connectivity index (χ3v) is 1.46. The Hall–Kier alpha value is -1.38. The van der Waals surface area contributed by atoms with Crippen LogP contribution in [0.25, 0.3) is 0 Å². The van der Waals surface area contributed by atoms with Crippen molar-refractivity contribution in [3.63, 3.8) is 0 Å². The first-order valence-electron chi connectivity index (χ1n) is 3.95. The number of ether oxygens (including phenoxy) is 1. The number of phenols is 1. The molecule has 0 saturated carbocycles. The van der Waals surface area contributed by atoms with E-state index in [0.29, 0.717) is 18.0 Å². The quantitative estimate of drug-likeness (QED) is 0.532. The molecule has 0 heterocycles. The second kappa shape index (κ2) is 3.85. The van der Waals surface area contributed by atoms with Crippen LogP contribution in [0.4, 0.5) is 5.69 Å². The third kappa shape index (κ3) is 2.05. The summed E-state index contributed by atoms with van der Waals surface area (Å²) < 4.78 is 5.28. The molecule has 0 aliphatic carbocycles. The maximum atomic E-state index is 9.10. The molecule has 0 aromatic heterocycles. The van der Waals surface area contributed by atoms with Crippen LogP contribution in [0.3, 0.4) is 0 Å². The Bertz CT molecular complexity index is 261. The Kier molecular flexibility index (Phi) is 2.80. The molecule has 66 valence electrons. The van der Waals surface area contributed by atoms with Crippen LogP contribution in [0.2, 0.25) is 0 Å². The van der Waals surface area contributed by atoms with E-state index in [1.165, 1.54) is 12.1 Å². The van der Waals surface area contributed by atoms with E-state index in [1.807, 2.05) is 6.92 Å². The molecule has 0 amide bonds. The van der Waals surface area contributed by atoms with Crippen molar-refractivity contribution in [3.05, 3.63) is 18.2 Å². The lowest BCUT2D eigenvalue weighted by Gasteiger charge is -2.07. The number of rotatable bonds is 3. The minimum atomic E-state index is 0.176. The first-order chi connectivity index (χ1) is 5.74. The Morgan fingerprint density at radius 2 is 2.25 bits per heavy atom. The van der Waals surface area contributed by atoms with Gasteiger partial charge in [-0.2, -0.15) is 0 Å². The van der Waals surface area contributed by atoms with Crippen molar-refractivity contribution in [2.45, 2.75) is 13.3 Å². The summed E-state index contributed by atoms with van der Waals surface area (Å²) >= 11 is 0. The Morgan fingerprint density at radius 3 is 2.92 bits per heavy atom. The van der Waals surface area contributed by atoms with Crippen LogP contribution in [0, 0.1) is 0 Å². The number of benzene rings is 1. The molecule has 0 aliphatic heterocycles. The van der Waals surface area contributed by atoms with E-state index in [9.17, 15) is 0 Å². The van der Waals surface area contributed by atoms with Gasteiger partial charge in [0, 0.05) is 6.07 Å². The number of phenolic OH excluding ortho intramolecular Hbond substituents is 1. The zero-order valence-corrected chi connectivity index (χ0v) is 7.08. The zero-order chi connectivity index (χ0) is 8.97. The average Bonchev–Trinajstić information content (AvgIpc) is 2.07. The van der Waals surface area contributed by atoms with Crippen molar-refractivity contribution in [2.24, 2.45) is 0 Å². The van der Waals surface area contributed by atoms with Crippen molar-refractivity contribution in [1.29, 1.82) is 0 Å². The molecule has 0 fully saturated rings. The number of anilines is 1.